The van der Waals surface area contributed by atoms with Crippen molar-refractivity contribution < 1.29 is 4.39 Å². The lowest BCUT2D eigenvalue weighted by molar-refractivity contribution is 0.624. The van der Waals surface area contributed by atoms with Gasteiger partial charge in [0.2, 0.25) is 0 Å². The highest BCUT2D eigenvalue weighted by Gasteiger charge is 2.08. The topological polar surface area (TPSA) is 12.0 Å². The Kier molecular flexibility index (Phi) is 3.87. The molecule has 0 aliphatic heterocycles. The summed E-state index contributed by atoms with van der Waals surface area (Å²) in [5.74, 6) is -0.383. The van der Waals surface area contributed by atoms with E-state index >= 15 is 0 Å². The summed E-state index contributed by atoms with van der Waals surface area (Å²) in [6, 6.07) is 13.0. The van der Waals surface area contributed by atoms with Crippen molar-refractivity contribution in [2.75, 3.05) is 5.32 Å². The summed E-state index contributed by atoms with van der Waals surface area (Å²) in [5, 5.41) is 3.48. The summed E-state index contributed by atoms with van der Waals surface area (Å²) in [7, 11) is 0. The zero-order chi connectivity index (χ0) is 13.1. The van der Waals surface area contributed by atoms with Gasteiger partial charge in [-0.25, -0.2) is 4.39 Å². The van der Waals surface area contributed by atoms with Gasteiger partial charge in [-0.2, -0.15) is 0 Å². The zero-order valence-electron chi connectivity index (χ0n) is 10.4. The average molecular weight is 264 g/mol. The highest BCUT2D eigenvalue weighted by Crippen LogP contribution is 2.23. The van der Waals surface area contributed by atoms with Gasteiger partial charge in [-0.1, -0.05) is 35.4 Å². The summed E-state index contributed by atoms with van der Waals surface area (Å²) >= 11 is 5.67. The van der Waals surface area contributed by atoms with Crippen LogP contribution in [0, 0.1) is 12.7 Å². The Morgan fingerprint density at radius 1 is 1.11 bits per heavy atom. The molecule has 2 rings (SSSR count). The first-order chi connectivity index (χ1) is 8.56. The Labute approximate surface area is 112 Å². The molecule has 0 saturated heterocycles. The number of aryl methyl sites for hydroxylation is 1. The zero-order valence-corrected chi connectivity index (χ0v) is 11.1. The van der Waals surface area contributed by atoms with Crippen LogP contribution in [0.2, 0.25) is 5.02 Å². The maximum atomic E-state index is 13.4. The second-order valence-electron chi connectivity index (χ2n) is 4.41. The van der Waals surface area contributed by atoms with E-state index in [2.05, 4.69) is 5.32 Å². The first-order valence-electron chi connectivity index (χ1n) is 5.84. The second kappa shape index (κ2) is 5.40. The summed E-state index contributed by atoms with van der Waals surface area (Å²) < 4.78 is 13.4. The van der Waals surface area contributed by atoms with Crippen LogP contribution in [0.15, 0.2) is 42.5 Å². The molecule has 0 amide bonds. The van der Waals surface area contributed by atoms with Crippen LogP contribution in [0.4, 0.5) is 10.1 Å². The molecule has 3 heteroatoms. The van der Waals surface area contributed by atoms with Gasteiger partial charge in [-0.15, -0.1) is 0 Å². The molecule has 1 unspecified atom stereocenters. The van der Waals surface area contributed by atoms with E-state index in [4.69, 9.17) is 11.6 Å². The molecule has 94 valence electrons. The van der Waals surface area contributed by atoms with E-state index in [0.29, 0.717) is 0 Å². The minimum absolute atomic E-state index is 0.0273. The maximum absolute atomic E-state index is 13.4. The van der Waals surface area contributed by atoms with E-state index in [0.717, 1.165) is 11.3 Å². The van der Waals surface area contributed by atoms with Crippen LogP contribution in [-0.4, -0.2) is 0 Å². The van der Waals surface area contributed by atoms with Crippen molar-refractivity contribution >= 4 is 17.3 Å². The Morgan fingerprint density at radius 2 is 1.78 bits per heavy atom. The van der Waals surface area contributed by atoms with Gasteiger partial charge in [-0.3, -0.25) is 0 Å². The van der Waals surface area contributed by atoms with Crippen LogP contribution in [-0.2, 0) is 0 Å². The van der Waals surface area contributed by atoms with Gasteiger partial charge in [-0.05, 0) is 43.7 Å². The van der Waals surface area contributed by atoms with Crippen molar-refractivity contribution in [3.63, 3.8) is 0 Å². The quantitative estimate of drug-likeness (QED) is 0.825. The normalized spacial score (nSPS) is 12.2. The molecule has 0 aromatic heterocycles. The van der Waals surface area contributed by atoms with Gasteiger partial charge in [0.1, 0.15) is 5.82 Å². The van der Waals surface area contributed by atoms with Crippen molar-refractivity contribution in [1.29, 1.82) is 0 Å². The van der Waals surface area contributed by atoms with E-state index in [1.54, 1.807) is 6.07 Å². The second-order valence-corrected chi connectivity index (χ2v) is 4.81. The van der Waals surface area contributed by atoms with Crippen molar-refractivity contribution in [2.24, 2.45) is 0 Å². The molecule has 0 spiro atoms. The molecule has 1 atom stereocenters. The molecule has 1 nitrogen and oxygen atoms in total. The van der Waals surface area contributed by atoms with E-state index in [-0.39, 0.29) is 16.9 Å². The smallest absolute Gasteiger partial charge is 0.142 e. The summed E-state index contributed by atoms with van der Waals surface area (Å²) in [6.45, 7) is 4.03. The number of hydrogen-bond acceptors (Lipinski definition) is 1. The lowest BCUT2D eigenvalue weighted by Crippen LogP contribution is -2.06. The van der Waals surface area contributed by atoms with Gasteiger partial charge in [0, 0.05) is 11.7 Å². The van der Waals surface area contributed by atoms with E-state index in [1.807, 2.05) is 44.2 Å². The standard InChI is InChI=1S/C15H15ClFN/c1-10-3-6-13(7-4-10)18-11(2)12-5-8-14(16)15(17)9-12/h3-9,11,18H,1-2H3. The third kappa shape index (κ3) is 3.02. The molecule has 2 aromatic carbocycles. The minimum atomic E-state index is -0.383. The third-order valence-corrected chi connectivity index (χ3v) is 3.18. The summed E-state index contributed by atoms with van der Waals surface area (Å²) in [5.41, 5.74) is 3.10. The molecule has 0 saturated carbocycles. The molecule has 18 heavy (non-hydrogen) atoms. The van der Waals surface area contributed by atoms with Gasteiger partial charge in [0.05, 0.1) is 5.02 Å². The number of halogens is 2. The van der Waals surface area contributed by atoms with Crippen molar-refractivity contribution in [1.82, 2.24) is 0 Å². The number of rotatable bonds is 3. The Hall–Kier alpha value is -1.54. The van der Waals surface area contributed by atoms with Crippen LogP contribution in [0.3, 0.4) is 0 Å². The largest absolute Gasteiger partial charge is 0.379 e. The van der Waals surface area contributed by atoms with Gasteiger partial charge in [0.15, 0.2) is 0 Å². The first kappa shape index (κ1) is 12.9. The Balaban J connectivity index is 2.13. The van der Waals surface area contributed by atoms with Crippen LogP contribution < -0.4 is 5.32 Å². The molecular weight excluding hydrogens is 249 g/mol. The highest BCUT2D eigenvalue weighted by atomic mass is 35.5. The van der Waals surface area contributed by atoms with E-state index < -0.39 is 0 Å². The fourth-order valence-corrected chi connectivity index (χ4v) is 1.88. The molecule has 2 aromatic rings. The van der Waals surface area contributed by atoms with E-state index in [9.17, 15) is 4.39 Å². The van der Waals surface area contributed by atoms with Crippen molar-refractivity contribution in [3.8, 4) is 0 Å². The first-order valence-corrected chi connectivity index (χ1v) is 6.22. The highest BCUT2D eigenvalue weighted by molar-refractivity contribution is 6.30. The van der Waals surface area contributed by atoms with Gasteiger partial charge in [0.25, 0.3) is 0 Å². The Bertz CT molecular complexity index is 537. The summed E-state index contributed by atoms with van der Waals surface area (Å²) in [6.07, 6.45) is 0. The van der Waals surface area contributed by atoms with Crippen LogP contribution >= 0.6 is 11.6 Å². The molecular formula is C15H15ClFN. The van der Waals surface area contributed by atoms with Gasteiger partial charge < -0.3 is 5.32 Å². The Morgan fingerprint density at radius 3 is 2.39 bits per heavy atom. The monoisotopic (exact) mass is 263 g/mol. The minimum Gasteiger partial charge on any atom is -0.379 e. The SMILES string of the molecule is Cc1ccc(NC(C)c2ccc(Cl)c(F)c2)cc1. The number of hydrogen-bond donors (Lipinski definition) is 1. The summed E-state index contributed by atoms with van der Waals surface area (Å²) in [4.78, 5) is 0. The third-order valence-electron chi connectivity index (χ3n) is 2.88. The van der Waals surface area contributed by atoms with Crippen molar-refractivity contribution in [2.45, 2.75) is 19.9 Å². The predicted octanol–water partition coefficient (Wildman–Crippen LogP) is 4.96. The molecule has 0 heterocycles. The number of anilines is 1. The van der Waals surface area contributed by atoms with Crippen LogP contribution in [0.1, 0.15) is 24.1 Å². The van der Waals surface area contributed by atoms with Crippen molar-refractivity contribution in [3.05, 3.63) is 64.4 Å². The van der Waals surface area contributed by atoms with Crippen LogP contribution in [0.5, 0.6) is 0 Å². The predicted molar refractivity (Wildman–Crippen MR) is 74.6 cm³/mol. The number of nitrogens with one attached hydrogen (secondary N) is 1. The molecule has 0 aliphatic rings. The number of benzene rings is 2. The molecule has 0 aliphatic carbocycles. The lowest BCUT2D eigenvalue weighted by Gasteiger charge is -2.16. The average Bonchev–Trinajstić information content (AvgIpc) is 2.35. The van der Waals surface area contributed by atoms with E-state index in [1.165, 1.54) is 11.6 Å². The maximum Gasteiger partial charge on any atom is 0.142 e. The fourth-order valence-electron chi connectivity index (χ4n) is 1.76. The van der Waals surface area contributed by atoms with Gasteiger partial charge >= 0.3 is 0 Å². The fraction of sp³-hybridized carbons (Fsp3) is 0.200. The molecule has 1 N–H and O–H groups in total. The lowest BCUT2D eigenvalue weighted by atomic mass is 10.1. The molecule has 0 fully saturated rings. The molecule has 0 bridgehead atoms. The van der Waals surface area contributed by atoms with Crippen LogP contribution in [0.25, 0.3) is 0 Å². The molecule has 0 radical (unpaired) electrons.